The quantitative estimate of drug-likeness (QED) is 0.920. The minimum Gasteiger partial charge on any atom is -0.497 e. The molecule has 0 atom stereocenters. The average molecular weight is 281 g/mol. The van der Waals surface area contributed by atoms with Crippen molar-refractivity contribution in [2.45, 2.75) is 25.7 Å². The largest absolute Gasteiger partial charge is 0.497 e. The van der Waals surface area contributed by atoms with Crippen molar-refractivity contribution >= 4 is 0 Å². The summed E-state index contributed by atoms with van der Waals surface area (Å²) < 4.78 is 5.16. The predicted octanol–water partition coefficient (Wildman–Crippen LogP) is 2.80. The number of rotatable bonds is 2. The summed E-state index contributed by atoms with van der Waals surface area (Å²) >= 11 is 0. The standard InChI is InChI=1S/C17H16N2O2/c1-21-12-8-6-11(7-9-12)16-14-5-3-2-4-13(14)15(10-18)17(20)19-16/h6-9H,2-5H2,1H3,(H,19,20)/i15+1. The maximum atomic E-state index is 12.1. The predicted molar refractivity (Wildman–Crippen MR) is 80.4 cm³/mol. The number of nitriles is 1. The fourth-order valence-corrected chi connectivity index (χ4v) is 2.97. The molecule has 0 saturated carbocycles. The van der Waals surface area contributed by atoms with E-state index in [9.17, 15) is 10.1 Å². The first-order valence-corrected chi connectivity index (χ1v) is 7.07. The van der Waals surface area contributed by atoms with Crippen LogP contribution >= 0.6 is 0 Å². The Kier molecular flexibility index (Phi) is 3.49. The van der Waals surface area contributed by atoms with Crippen LogP contribution in [0, 0.1) is 11.3 Å². The lowest BCUT2D eigenvalue weighted by Crippen LogP contribution is -2.20. The van der Waals surface area contributed by atoms with Gasteiger partial charge in [0, 0.05) is 0 Å². The molecule has 2 aromatic rings. The molecule has 0 amide bonds. The normalized spacial score (nSPS) is 13.3. The number of nitrogens with zero attached hydrogens (tertiary/aromatic N) is 1. The minimum atomic E-state index is -0.288. The number of hydrogen-bond donors (Lipinski definition) is 1. The molecule has 0 radical (unpaired) electrons. The number of aromatic amines is 1. The fourth-order valence-electron chi connectivity index (χ4n) is 2.97. The first kappa shape index (κ1) is 13.4. The van der Waals surface area contributed by atoms with Crippen LogP contribution in [0.5, 0.6) is 5.75 Å². The summed E-state index contributed by atoms with van der Waals surface area (Å²) in [6.07, 6.45) is 3.84. The summed E-state index contributed by atoms with van der Waals surface area (Å²) in [5.74, 6) is 0.781. The van der Waals surface area contributed by atoms with E-state index in [0.29, 0.717) is 0 Å². The average Bonchev–Trinajstić information content (AvgIpc) is 2.54. The van der Waals surface area contributed by atoms with Crippen molar-refractivity contribution < 1.29 is 4.74 Å². The fraction of sp³-hybridized carbons (Fsp3) is 0.294. The third-order valence-corrected chi connectivity index (χ3v) is 4.03. The van der Waals surface area contributed by atoms with E-state index in [4.69, 9.17) is 4.74 Å². The highest BCUT2D eigenvalue weighted by Crippen LogP contribution is 2.31. The lowest BCUT2D eigenvalue weighted by atomic mass is 9.90. The van der Waals surface area contributed by atoms with Crippen molar-refractivity contribution in [2.24, 2.45) is 0 Å². The van der Waals surface area contributed by atoms with Crippen LogP contribution in [-0.2, 0) is 12.8 Å². The first-order valence-electron chi connectivity index (χ1n) is 7.07. The molecule has 1 aromatic carbocycles. The number of benzene rings is 1. The van der Waals surface area contributed by atoms with Gasteiger partial charge in [-0.2, -0.15) is 5.26 Å². The van der Waals surface area contributed by atoms with Gasteiger partial charge in [0.1, 0.15) is 17.4 Å². The van der Waals surface area contributed by atoms with Gasteiger partial charge >= 0.3 is 0 Å². The van der Waals surface area contributed by atoms with Crippen molar-refractivity contribution in [3.05, 3.63) is 51.3 Å². The number of fused-ring (bicyclic) bond motifs is 1. The van der Waals surface area contributed by atoms with Gasteiger partial charge in [0.15, 0.2) is 0 Å². The molecule has 0 fully saturated rings. The molecule has 0 unspecified atom stereocenters. The van der Waals surface area contributed by atoms with Crippen molar-refractivity contribution in [2.75, 3.05) is 7.11 Å². The van der Waals surface area contributed by atoms with Crippen LogP contribution in [0.1, 0.15) is 29.5 Å². The molecule has 0 bridgehead atoms. The number of aromatic nitrogens is 1. The van der Waals surface area contributed by atoms with E-state index in [2.05, 4.69) is 11.1 Å². The van der Waals surface area contributed by atoms with Gasteiger partial charge in [-0.1, -0.05) is 0 Å². The number of ether oxygens (including phenoxy) is 1. The van der Waals surface area contributed by atoms with Crippen molar-refractivity contribution in [3.8, 4) is 23.1 Å². The van der Waals surface area contributed by atoms with Crippen LogP contribution in [0.4, 0.5) is 0 Å². The van der Waals surface area contributed by atoms with E-state index >= 15 is 0 Å². The van der Waals surface area contributed by atoms with E-state index in [-0.39, 0.29) is 11.1 Å². The van der Waals surface area contributed by atoms with Crippen molar-refractivity contribution in [1.29, 1.82) is 5.26 Å². The summed E-state index contributed by atoms with van der Waals surface area (Å²) in [5.41, 5.74) is 3.83. The third-order valence-electron chi connectivity index (χ3n) is 4.03. The van der Waals surface area contributed by atoms with Crippen LogP contribution < -0.4 is 10.3 Å². The smallest absolute Gasteiger partial charge is 0.266 e. The van der Waals surface area contributed by atoms with Gasteiger partial charge < -0.3 is 9.72 Å². The molecular formula is C17H16N2O2. The molecule has 21 heavy (non-hydrogen) atoms. The highest BCUT2D eigenvalue weighted by atomic mass is 16.5. The molecule has 1 aromatic heterocycles. The Labute approximate surface area is 123 Å². The zero-order valence-electron chi connectivity index (χ0n) is 11.9. The molecule has 1 heterocycles. The molecule has 0 saturated heterocycles. The second-order valence-corrected chi connectivity index (χ2v) is 5.21. The molecule has 1 aliphatic rings. The SMILES string of the molecule is COc1ccc(-c2[nH]c(=O)[13c](C#N)c3c2CCCC3)cc1. The molecule has 0 spiro atoms. The Morgan fingerprint density at radius 2 is 1.81 bits per heavy atom. The summed E-state index contributed by atoms with van der Waals surface area (Å²) in [5, 5.41) is 9.22. The Hall–Kier alpha value is -2.54. The highest BCUT2D eigenvalue weighted by Gasteiger charge is 2.20. The molecule has 4 nitrogen and oxygen atoms in total. The van der Waals surface area contributed by atoms with Crippen LogP contribution in [0.3, 0.4) is 0 Å². The molecular weight excluding hydrogens is 265 g/mol. The highest BCUT2D eigenvalue weighted by molar-refractivity contribution is 5.67. The second-order valence-electron chi connectivity index (χ2n) is 5.21. The minimum absolute atomic E-state index is 0.280. The van der Waals surface area contributed by atoms with Gasteiger partial charge in [-0.05, 0) is 66.6 Å². The summed E-state index contributed by atoms with van der Waals surface area (Å²) in [7, 11) is 1.63. The van der Waals surface area contributed by atoms with Crippen molar-refractivity contribution in [3.63, 3.8) is 0 Å². The summed E-state index contributed by atoms with van der Waals surface area (Å²) in [6, 6.07) is 9.68. The van der Waals surface area contributed by atoms with Gasteiger partial charge in [-0.25, -0.2) is 0 Å². The van der Waals surface area contributed by atoms with E-state index in [0.717, 1.165) is 53.8 Å². The Morgan fingerprint density at radius 1 is 1.14 bits per heavy atom. The second kappa shape index (κ2) is 5.45. The van der Waals surface area contributed by atoms with Gasteiger partial charge in [0.05, 0.1) is 12.8 Å². The van der Waals surface area contributed by atoms with Gasteiger partial charge in [0.2, 0.25) is 0 Å². The Morgan fingerprint density at radius 3 is 2.43 bits per heavy atom. The van der Waals surface area contributed by atoms with Crippen LogP contribution in [0.15, 0.2) is 29.1 Å². The molecule has 106 valence electrons. The molecule has 3 rings (SSSR count). The lowest BCUT2D eigenvalue weighted by molar-refractivity contribution is 0.415. The number of hydrogen-bond acceptors (Lipinski definition) is 3. The monoisotopic (exact) mass is 281 g/mol. The number of methoxy groups -OCH3 is 1. The molecule has 0 aliphatic heterocycles. The lowest BCUT2D eigenvalue weighted by Gasteiger charge is -2.20. The maximum absolute atomic E-state index is 12.1. The van der Waals surface area contributed by atoms with Crippen LogP contribution in [0.2, 0.25) is 0 Å². The van der Waals surface area contributed by atoms with E-state index in [1.807, 2.05) is 24.3 Å². The Bertz CT molecular complexity index is 767. The summed E-state index contributed by atoms with van der Waals surface area (Å²) in [6.45, 7) is 0. The molecule has 1 aliphatic carbocycles. The van der Waals surface area contributed by atoms with Gasteiger partial charge in [-0.3, -0.25) is 4.79 Å². The van der Waals surface area contributed by atoms with Gasteiger partial charge in [0.25, 0.3) is 5.56 Å². The third kappa shape index (κ3) is 2.31. The first-order chi connectivity index (χ1) is 10.2. The van der Waals surface area contributed by atoms with E-state index < -0.39 is 0 Å². The molecule has 1 N–H and O–H groups in total. The van der Waals surface area contributed by atoms with Crippen LogP contribution in [-0.4, -0.2) is 12.1 Å². The molecule has 4 heteroatoms. The zero-order chi connectivity index (χ0) is 14.8. The Balaban J connectivity index is 2.20. The zero-order valence-corrected chi connectivity index (χ0v) is 11.9. The maximum Gasteiger partial charge on any atom is 0.266 e. The van der Waals surface area contributed by atoms with Crippen molar-refractivity contribution in [1.82, 2.24) is 4.98 Å². The number of pyridine rings is 1. The van der Waals surface area contributed by atoms with E-state index in [1.165, 1.54) is 0 Å². The number of nitrogens with one attached hydrogen (secondary N) is 1. The van der Waals surface area contributed by atoms with Gasteiger partial charge in [-0.15, -0.1) is 0 Å². The number of H-pyrrole nitrogens is 1. The van der Waals surface area contributed by atoms with Crippen LogP contribution in [0.25, 0.3) is 11.3 Å². The topological polar surface area (TPSA) is 65.9 Å². The summed E-state index contributed by atoms with van der Waals surface area (Å²) in [4.78, 5) is 15.0. The van der Waals surface area contributed by atoms with E-state index in [1.54, 1.807) is 7.11 Å².